The molecule has 132 valence electrons. The number of amides is 1. The zero-order valence-corrected chi connectivity index (χ0v) is 14.3. The first-order valence-electron chi connectivity index (χ1n) is 8.33. The fourth-order valence-electron chi connectivity index (χ4n) is 2.79. The summed E-state index contributed by atoms with van der Waals surface area (Å²) in [7, 11) is 0. The van der Waals surface area contributed by atoms with Crippen molar-refractivity contribution >= 4 is 5.91 Å². The van der Waals surface area contributed by atoms with E-state index in [0.29, 0.717) is 11.5 Å². The molecule has 0 fully saturated rings. The van der Waals surface area contributed by atoms with Crippen LogP contribution in [0.15, 0.2) is 55.0 Å². The minimum Gasteiger partial charge on any atom is -0.454 e. The number of fused-ring (bicyclic) bond motifs is 1. The van der Waals surface area contributed by atoms with Gasteiger partial charge in [0.05, 0.1) is 18.7 Å². The zero-order valence-electron chi connectivity index (χ0n) is 14.3. The number of ether oxygens (including phenoxy) is 2. The monoisotopic (exact) mass is 350 g/mol. The third-order valence-corrected chi connectivity index (χ3v) is 4.17. The molecule has 0 aliphatic carbocycles. The van der Waals surface area contributed by atoms with Crippen LogP contribution in [0, 0.1) is 0 Å². The molecule has 0 saturated heterocycles. The molecule has 0 radical (unpaired) electrons. The molecule has 1 aliphatic heterocycles. The van der Waals surface area contributed by atoms with Gasteiger partial charge in [-0.25, -0.2) is 9.67 Å². The second-order valence-corrected chi connectivity index (χ2v) is 6.06. The molecule has 4 rings (SSSR count). The van der Waals surface area contributed by atoms with Crippen LogP contribution in [0.3, 0.4) is 0 Å². The van der Waals surface area contributed by atoms with E-state index in [1.54, 1.807) is 17.1 Å². The lowest BCUT2D eigenvalue weighted by Gasteiger charge is -2.12. The van der Waals surface area contributed by atoms with Crippen LogP contribution in [0.25, 0.3) is 5.82 Å². The Morgan fingerprint density at radius 3 is 3.00 bits per heavy atom. The molecule has 1 aliphatic rings. The van der Waals surface area contributed by atoms with Gasteiger partial charge in [0.15, 0.2) is 17.3 Å². The third-order valence-electron chi connectivity index (χ3n) is 4.17. The highest BCUT2D eigenvalue weighted by atomic mass is 16.7. The van der Waals surface area contributed by atoms with Gasteiger partial charge in [0.2, 0.25) is 12.7 Å². The van der Waals surface area contributed by atoms with Gasteiger partial charge in [-0.05, 0) is 36.8 Å². The van der Waals surface area contributed by atoms with Crippen molar-refractivity contribution in [1.29, 1.82) is 0 Å². The molecular weight excluding hydrogens is 332 g/mol. The van der Waals surface area contributed by atoms with Crippen molar-refractivity contribution in [1.82, 2.24) is 20.1 Å². The summed E-state index contributed by atoms with van der Waals surface area (Å²) in [6, 6.07) is 11.0. The van der Waals surface area contributed by atoms with Crippen LogP contribution in [-0.4, -0.2) is 27.5 Å². The number of pyridine rings is 1. The fourth-order valence-corrected chi connectivity index (χ4v) is 2.79. The van der Waals surface area contributed by atoms with E-state index < -0.39 is 0 Å². The maximum Gasteiger partial charge on any atom is 0.231 e. The van der Waals surface area contributed by atoms with Crippen LogP contribution >= 0.6 is 0 Å². The van der Waals surface area contributed by atoms with Gasteiger partial charge in [-0.1, -0.05) is 12.1 Å². The van der Waals surface area contributed by atoms with E-state index in [9.17, 15) is 4.79 Å². The number of hydrogen-bond donors (Lipinski definition) is 1. The number of nitrogens with zero attached hydrogens (tertiary/aromatic N) is 3. The molecule has 1 unspecified atom stereocenters. The van der Waals surface area contributed by atoms with Gasteiger partial charge in [-0.3, -0.25) is 4.79 Å². The average Bonchev–Trinajstić information content (AvgIpc) is 3.31. The molecule has 0 spiro atoms. The van der Waals surface area contributed by atoms with Crippen molar-refractivity contribution in [3.8, 4) is 17.3 Å². The molecule has 0 bridgehead atoms. The van der Waals surface area contributed by atoms with E-state index in [0.717, 1.165) is 16.9 Å². The van der Waals surface area contributed by atoms with Gasteiger partial charge in [-0.15, -0.1) is 0 Å². The molecule has 0 saturated carbocycles. The van der Waals surface area contributed by atoms with Crippen LogP contribution in [0.5, 0.6) is 11.5 Å². The van der Waals surface area contributed by atoms with E-state index in [4.69, 9.17) is 9.47 Å². The number of aromatic nitrogens is 3. The predicted molar refractivity (Wildman–Crippen MR) is 94.2 cm³/mol. The van der Waals surface area contributed by atoms with E-state index in [2.05, 4.69) is 15.4 Å². The molecule has 2 aromatic heterocycles. The molecule has 26 heavy (non-hydrogen) atoms. The Hall–Kier alpha value is -3.35. The SMILES string of the molecule is CC(NC(=O)Cc1ccc2c(c1)OCO2)c1cnn(-c2ccccn2)c1. The molecule has 3 aromatic rings. The highest BCUT2D eigenvalue weighted by Crippen LogP contribution is 2.32. The first kappa shape index (κ1) is 16.1. The second-order valence-electron chi connectivity index (χ2n) is 6.06. The third kappa shape index (κ3) is 3.37. The van der Waals surface area contributed by atoms with Crippen molar-refractivity contribution in [2.24, 2.45) is 0 Å². The van der Waals surface area contributed by atoms with Crippen molar-refractivity contribution in [3.63, 3.8) is 0 Å². The number of carbonyl (C=O) groups is 1. The molecule has 3 heterocycles. The van der Waals surface area contributed by atoms with Crippen LogP contribution in [0.1, 0.15) is 24.1 Å². The summed E-state index contributed by atoms with van der Waals surface area (Å²) in [6.45, 7) is 2.15. The molecular formula is C19H18N4O3. The lowest BCUT2D eigenvalue weighted by molar-refractivity contribution is -0.121. The van der Waals surface area contributed by atoms with Crippen molar-refractivity contribution in [3.05, 3.63) is 66.1 Å². The van der Waals surface area contributed by atoms with Crippen LogP contribution in [0.4, 0.5) is 0 Å². The first-order valence-corrected chi connectivity index (χ1v) is 8.33. The summed E-state index contributed by atoms with van der Waals surface area (Å²) in [6.07, 6.45) is 5.59. The lowest BCUT2D eigenvalue weighted by atomic mass is 10.1. The minimum atomic E-state index is -0.158. The Morgan fingerprint density at radius 1 is 1.27 bits per heavy atom. The number of hydrogen-bond acceptors (Lipinski definition) is 5. The summed E-state index contributed by atoms with van der Waals surface area (Å²) >= 11 is 0. The fraction of sp³-hybridized carbons (Fsp3) is 0.211. The Morgan fingerprint density at radius 2 is 2.15 bits per heavy atom. The summed E-state index contributed by atoms with van der Waals surface area (Å²) < 4.78 is 12.3. The number of nitrogens with one attached hydrogen (secondary N) is 1. The van der Waals surface area contributed by atoms with E-state index >= 15 is 0 Å². The zero-order chi connectivity index (χ0) is 17.9. The maximum atomic E-state index is 12.4. The Balaban J connectivity index is 1.39. The number of rotatable bonds is 5. The van der Waals surface area contributed by atoms with Crippen molar-refractivity contribution in [2.75, 3.05) is 6.79 Å². The van der Waals surface area contributed by atoms with Crippen molar-refractivity contribution < 1.29 is 14.3 Å². The van der Waals surface area contributed by atoms with Gasteiger partial charge >= 0.3 is 0 Å². The summed E-state index contributed by atoms with van der Waals surface area (Å²) in [5.74, 6) is 2.06. The largest absolute Gasteiger partial charge is 0.454 e. The molecule has 1 amide bonds. The Kier molecular flexibility index (Phi) is 4.27. The maximum absolute atomic E-state index is 12.4. The van der Waals surface area contributed by atoms with E-state index in [-0.39, 0.29) is 25.2 Å². The average molecular weight is 350 g/mol. The highest BCUT2D eigenvalue weighted by Gasteiger charge is 2.16. The Bertz CT molecular complexity index is 924. The first-order chi connectivity index (χ1) is 12.7. The van der Waals surface area contributed by atoms with E-state index in [1.807, 2.05) is 49.5 Å². The molecule has 7 nitrogen and oxygen atoms in total. The molecule has 1 atom stereocenters. The molecule has 7 heteroatoms. The van der Waals surface area contributed by atoms with Crippen LogP contribution < -0.4 is 14.8 Å². The lowest BCUT2D eigenvalue weighted by Crippen LogP contribution is -2.27. The number of benzene rings is 1. The van der Waals surface area contributed by atoms with Gasteiger partial charge < -0.3 is 14.8 Å². The second kappa shape index (κ2) is 6.87. The topological polar surface area (TPSA) is 78.3 Å². The minimum absolute atomic E-state index is 0.0676. The normalized spacial score (nSPS) is 13.4. The molecule has 1 N–H and O–H groups in total. The highest BCUT2D eigenvalue weighted by molar-refractivity contribution is 5.79. The number of carbonyl (C=O) groups excluding carboxylic acids is 1. The van der Waals surface area contributed by atoms with Crippen LogP contribution in [0.2, 0.25) is 0 Å². The van der Waals surface area contributed by atoms with Gasteiger partial charge in [0.25, 0.3) is 0 Å². The van der Waals surface area contributed by atoms with Gasteiger partial charge in [-0.2, -0.15) is 5.10 Å². The molecule has 1 aromatic carbocycles. The summed E-state index contributed by atoms with van der Waals surface area (Å²) in [5, 5.41) is 7.30. The standard InChI is InChI=1S/C19H18N4O3/c1-13(15-10-21-23(11-15)18-4-2-3-7-20-18)22-19(24)9-14-5-6-16-17(8-14)26-12-25-16/h2-8,10-11,13H,9,12H2,1H3,(H,22,24). The van der Waals surface area contributed by atoms with Crippen molar-refractivity contribution in [2.45, 2.75) is 19.4 Å². The van der Waals surface area contributed by atoms with Crippen LogP contribution in [-0.2, 0) is 11.2 Å². The summed E-state index contributed by atoms with van der Waals surface area (Å²) in [5.41, 5.74) is 1.79. The van der Waals surface area contributed by atoms with Gasteiger partial charge in [0, 0.05) is 18.0 Å². The smallest absolute Gasteiger partial charge is 0.231 e. The van der Waals surface area contributed by atoms with E-state index in [1.165, 1.54) is 0 Å². The Labute approximate surface area is 150 Å². The van der Waals surface area contributed by atoms with Gasteiger partial charge in [0.1, 0.15) is 0 Å². The summed E-state index contributed by atoms with van der Waals surface area (Å²) in [4.78, 5) is 16.6. The quantitative estimate of drug-likeness (QED) is 0.764. The predicted octanol–water partition coefficient (Wildman–Crippen LogP) is 2.42.